The molecule has 0 fully saturated rings. The van der Waals surface area contributed by atoms with Crippen LogP contribution >= 0.6 is 23.1 Å². The number of aromatic nitrogens is 2. The Balaban J connectivity index is 1.73. The fourth-order valence-electron chi connectivity index (χ4n) is 3.47. The second-order valence-electron chi connectivity index (χ2n) is 7.41. The number of anilines is 1. The third-order valence-corrected chi connectivity index (χ3v) is 7.26. The quantitative estimate of drug-likeness (QED) is 0.269. The lowest BCUT2D eigenvalue weighted by atomic mass is 10.1. The first-order chi connectivity index (χ1) is 15.9. The number of thiophene rings is 1. The minimum atomic E-state index is -0.531. The predicted molar refractivity (Wildman–Crippen MR) is 130 cm³/mol. The van der Waals surface area contributed by atoms with E-state index in [1.807, 2.05) is 6.92 Å². The van der Waals surface area contributed by atoms with Crippen molar-refractivity contribution in [1.82, 2.24) is 9.55 Å². The van der Waals surface area contributed by atoms with Gasteiger partial charge in [0.25, 0.3) is 5.56 Å². The molecule has 170 valence electrons. The van der Waals surface area contributed by atoms with Crippen LogP contribution in [0.4, 0.5) is 14.5 Å². The van der Waals surface area contributed by atoms with Gasteiger partial charge in [0.15, 0.2) is 5.16 Å². The highest BCUT2D eigenvalue weighted by Gasteiger charge is 2.20. The van der Waals surface area contributed by atoms with Gasteiger partial charge in [0, 0.05) is 4.88 Å². The van der Waals surface area contributed by atoms with E-state index in [1.54, 1.807) is 6.07 Å². The Labute approximate surface area is 197 Å². The van der Waals surface area contributed by atoms with Crippen LogP contribution < -0.4 is 10.9 Å². The summed E-state index contributed by atoms with van der Waals surface area (Å²) in [4.78, 5) is 32.4. The van der Waals surface area contributed by atoms with Gasteiger partial charge in [-0.05, 0) is 55.3 Å². The molecule has 1 amide bonds. The van der Waals surface area contributed by atoms with Crippen molar-refractivity contribution in [3.63, 3.8) is 0 Å². The molecule has 0 bridgehead atoms. The molecule has 2 aromatic carbocycles. The normalized spacial score (nSPS) is 11.2. The summed E-state index contributed by atoms with van der Waals surface area (Å²) in [5, 5.41) is 3.38. The van der Waals surface area contributed by atoms with E-state index in [1.165, 1.54) is 58.4 Å². The minimum Gasteiger partial charge on any atom is -0.323 e. The van der Waals surface area contributed by atoms with Gasteiger partial charge >= 0.3 is 0 Å². The van der Waals surface area contributed by atoms with Crippen LogP contribution in [0.1, 0.15) is 23.8 Å². The third-order valence-electron chi connectivity index (χ3n) is 5.07. The molecule has 0 aliphatic rings. The Bertz CT molecular complexity index is 1380. The highest BCUT2D eigenvalue weighted by molar-refractivity contribution is 7.99. The average Bonchev–Trinajstić information content (AvgIpc) is 3.10. The molecule has 0 saturated heterocycles. The van der Waals surface area contributed by atoms with Crippen molar-refractivity contribution < 1.29 is 13.6 Å². The number of aryl methyl sites for hydroxylation is 2. The molecule has 5 nitrogen and oxygen atoms in total. The minimum absolute atomic E-state index is 0.0837. The first-order valence-electron chi connectivity index (χ1n) is 10.4. The van der Waals surface area contributed by atoms with Crippen molar-refractivity contribution in [3.8, 4) is 5.69 Å². The highest BCUT2D eigenvalue weighted by atomic mass is 32.2. The van der Waals surface area contributed by atoms with Crippen molar-refractivity contribution in [2.75, 3.05) is 11.1 Å². The number of halogens is 2. The monoisotopic (exact) mass is 485 g/mol. The Morgan fingerprint density at radius 1 is 1.15 bits per heavy atom. The molecule has 0 saturated carbocycles. The van der Waals surface area contributed by atoms with Gasteiger partial charge in [0.05, 0.1) is 22.5 Å². The summed E-state index contributed by atoms with van der Waals surface area (Å²) < 4.78 is 28.8. The fraction of sp³-hybridized carbons (Fsp3) is 0.208. The lowest BCUT2D eigenvalue weighted by Gasteiger charge is -2.12. The molecule has 0 unspecified atom stereocenters. The van der Waals surface area contributed by atoms with Gasteiger partial charge in [-0.15, -0.1) is 11.3 Å². The summed E-state index contributed by atoms with van der Waals surface area (Å²) in [5.74, 6) is -1.47. The molecule has 2 aromatic heterocycles. The fourth-order valence-corrected chi connectivity index (χ4v) is 5.60. The summed E-state index contributed by atoms with van der Waals surface area (Å²) >= 11 is 2.54. The van der Waals surface area contributed by atoms with Gasteiger partial charge in [0.1, 0.15) is 16.5 Å². The molecule has 9 heteroatoms. The summed E-state index contributed by atoms with van der Waals surface area (Å²) in [6.07, 6.45) is 1.79. The average molecular weight is 486 g/mol. The molecule has 0 atom stereocenters. The number of rotatable bonds is 7. The largest absolute Gasteiger partial charge is 0.323 e. The molecule has 0 aliphatic heterocycles. The smallest absolute Gasteiger partial charge is 0.267 e. The number of hydrogen-bond acceptors (Lipinski definition) is 5. The number of carbonyl (C=O) groups excluding carboxylic acids is 1. The Morgan fingerprint density at radius 3 is 2.58 bits per heavy atom. The SMILES string of the molecule is CCCc1sc2nc(SCC(=O)Nc3ccccc3F)n(-c3ccc(F)cc3)c(=O)c2c1C. The van der Waals surface area contributed by atoms with Gasteiger partial charge < -0.3 is 5.32 Å². The van der Waals surface area contributed by atoms with Crippen molar-refractivity contribution in [1.29, 1.82) is 0 Å². The molecule has 2 heterocycles. The molecular formula is C24H21F2N3O2S2. The first kappa shape index (κ1) is 23.1. The number of thioether (sulfide) groups is 1. The van der Waals surface area contributed by atoms with E-state index in [4.69, 9.17) is 4.98 Å². The maximum atomic E-state index is 13.9. The maximum absolute atomic E-state index is 13.9. The number of fused-ring (bicyclic) bond motifs is 1. The van der Waals surface area contributed by atoms with Crippen LogP contribution in [-0.2, 0) is 11.2 Å². The van der Waals surface area contributed by atoms with Gasteiger partial charge in [-0.1, -0.05) is 37.2 Å². The second kappa shape index (κ2) is 9.84. The molecule has 0 radical (unpaired) electrons. The van der Waals surface area contributed by atoms with Gasteiger partial charge in [0.2, 0.25) is 5.91 Å². The van der Waals surface area contributed by atoms with E-state index in [-0.39, 0.29) is 17.0 Å². The van der Waals surface area contributed by atoms with E-state index in [2.05, 4.69) is 12.2 Å². The highest BCUT2D eigenvalue weighted by Crippen LogP contribution is 2.31. The molecular weight excluding hydrogens is 464 g/mol. The number of carbonyl (C=O) groups is 1. The van der Waals surface area contributed by atoms with Gasteiger partial charge in [-0.25, -0.2) is 13.8 Å². The van der Waals surface area contributed by atoms with E-state index in [9.17, 15) is 18.4 Å². The Hall–Kier alpha value is -3.04. The number of nitrogens with one attached hydrogen (secondary N) is 1. The molecule has 4 aromatic rings. The van der Waals surface area contributed by atoms with Gasteiger partial charge in [-0.3, -0.25) is 14.2 Å². The molecule has 0 spiro atoms. The van der Waals surface area contributed by atoms with Crippen molar-refractivity contribution in [2.24, 2.45) is 0 Å². The van der Waals surface area contributed by atoms with E-state index in [0.717, 1.165) is 35.0 Å². The number of para-hydroxylation sites is 1. The van der Waals surface area contributed by atoms with Crippen LogP contribution in [0.3, 0.4) is 0 Å². The zero-order valence-corrected chi connectivity index (χ0v) is 19.7. The van der Waals surface area contributed by atoms with Crippen LogP contribution in [0, 0.1) is 18.6 Å². The molecule has 0 aliphatic carbocycles. The summed E-state index contributed by atoms with van der Waals surface area (Å²) in [5.41, 5.74) is 1.18. The first-order valence-corrected chi connectivity index (χ1v) is 12.2. The van der Waals surface area contributed by atoms with E-state index in [0.29, 0.717) is 21.1 Å². The lowest BCUT2D eigenvalue weighted by molar-refractivity contribution is -0.113. The molecule has 1 N–H and O–H groups in total. The predicted octanol–water partition coefficient (Wildman–Crippen LogP) is 5.72. The zero-order chi connectivity index (χ0) is 23.5. The summed E-state index contributed by atoms with van der Waals surface area (Å²) in [6, 6.07) is 11.4. The number of benzene rings is 2. The van der Waals surface area contributed by atoms with Crippen molar-refractivity contribution in [3.05, 3.63) is 81.0 Å². The van der Waals surface area contributed by atoms with E-state index < -0.39 is 17.5 Å². The molecule has 33 heavy (non-hydrogen) atoms. The third kappa shape index (κ3) is 4.84. The standard InChI is InChI=1S/C24H21F2N3O2S2/c1-3-6-19-14(2)21-22(33-19)28-24(29(23(21)31)16-11-9-15(25)10-12-16)32-13-20(30)27-18-8-5-4-7-17(18)26/h4-5,7-12H,3,6,13H2,1-2H3,(H,27,30). The Morgan fingerprint density at radius 2 is 1.88 bits per heavy atom. The zero-order valence-electron chi connectivity index (χ0n) is 18.0. The van der Waals surface area contributed by atoms with Crippen LogP contribution in [-0.4, -0.2) is 21.2 Å². The van der Waals surface area contributed by atoms with E-state index >= 15 is 0 Å². The topological polar surface area (TPSA) is 64.0 Å². The number of amides is 1. The van der Waals surface area contributed by atoms with Gasteiger partial charge in [-0.2, -0.15) is 0 Å². The maximum Gasteiger partial charge on any atom is 0.267 e. The summed E-state index contributed by atoms with van der Waals surface area (Å²) in [6.45, 7) is 3.99. The summed E-state index contributed by atoms with van der Waals surface area (Å²) in [7, 11) is 0. The lowest BCUT2D eigenvalue weighted by Crippen LogP contribution is -2.23. The molecule has 4 rings (SSSR count). The van der Waals surface area contributed by atoms with Crippen LogP contribution in [0.25, 0.3) is 15.9 Å². The van der Waals surface area contributed by atoms with Crippen LogP contribution in [0.5, 0.6) is 0 Å². The van der Waals surface area contributed by atoms with Crippen LogP contribution in [0.15, 0.2) is 58.5 Å². The van der Waals surface area contributed by atoms with Crippen LogP contribution in [0.2, 0.25) is 0 Å². The second-order valence-corrected chi connectivity index (χ2v) is 9.43. The van der Waals surface area contributed by atoms with Crippen molar-refractivity contribution >= 4 is 44.9 Å². The Kier molecular flexibility index (Phi) is 6.90. The van der Waals surface area contributed by atoms with Crippen molar-refractivity contribution in [2.45, 2.75) is 31.8 Å². The number of hydrogen-bond donors (Lipinski definition) is 1. The number of nitrogens with zero attached hydrogens (tertiary/aromatic N) is 2.